The molecular weight excluding hydrogens is 180 g/mol. The average molecular weight is 186 g/mol. The van der Waals surface area contributed by atoms with E-state index in [-0.39, 0.29) is 17.0 Å². The summed E-state index contributed by atoms with van der Waals surface area (Å²) in [5.74, 6) is -2.45. The third-order valence-electron chi connectivity index (χ3n) is 1.42. The summed E-state index contributed by atoms with van der Waals surface area (Å²) < 4.78 is 10.2. The van der Waals surface area contributed by atoms with Crippen molar-refractivity contribution in [1.82, 2.24) is 0 Å². The topological polar surface area (TPSA) is 74.6 Å². The molecule has 1 aliphatic rings. The second-order valence-corrected chi connectivity index (χ2v) is 2.87. The number of aliphatic hydroxyl groups is 1. The highest BCUT2D eigenvalue weighted by atomic mass is 32.1. The summed E-state index contributed by atoms with van der Waals surface area (Å²) in [6.07, 6.45) is 3.82. The summed E-state index contributed by atoms with van der Waals surface area (Å²) in [6.45, 7) is 0. The van der Waals surface area contributed by atoms with Crippen LogP contribution in [0.25, 0.3) is 0 Å². The van der Waals surface area contributed by atoms with Crippen molar-refractivity contribution in [3.05, 3.63) is 24.0 Å². The molecule has 0 heterocycles. The van der Waals surface area contributed by atoms with Crippen LogP contribution in [0.2, 0.25) is 0 Å². The average Bonchev–Trinajstić information content (AvgIpc) is 2.03. The highest BCUT2D eigenvalue weighted by molar-refractivity contribution is 7.67. The lowest BCUT2D eigenvalue weighted by atomic mass is 10.0. The Morgan fingerprint density at radius 2 is 2.25 bits per heavy atom. The molecule has 12 heavy (non-hydrogen) atoms. The number of aliphatic carboxylic acids is 1. The molecule has 1 aliphatic carbocycles. The molecule has 0 radical (unpaired) electrons. The number of carboxylic acids is 1. The molecule has 4 nitrogen and oxygen atoms in total. The third kappa shape index (κ3) is 1.62. The predicted octanol–water partition coefficient (Wildman–Crippen LogP) is 0.0843. The van der Waals surface area contributed by atoms with Gasteiger partial charge >= 0.3 is 5.97 Å². The maximum absolute atomic E-state index is 10.4. The van der Waals surface area contributed by atoms with Crippen molar-refractivity contribution < 1.29 is 19.2 Å². The number of aliphatic hydroxyl groups excluding tert-OH is 1. The van der Waals surface area contributed by atoms with Gasteiger partial charge in [0, 0.05) is 0 Å². The van der Waals surface area contributed by atoms with Gasteiger partial charge in [-0.25, -0.2) is 4.21 Å². The van der Waals surface area contributed by atoms with Gasteiger partial charge in [0.05, 0.1) is 16.1 Å². The Hall–Kier alpha value is -1.36. The lowest BCUT2D eigenvalue weighted by Gasteiger charge is -2.09. The van der Waals surface area contributed by atoms with Gasteiger partial charge in [0.15, 0.2) is 0 Å². The highest BCUT2D eigenvalue weighted by Crippen LogP contribution is 2.14. The molecule has 0 spiro atoms. The fourth-order valence-corrected chi connectivity index (χ4v) is 1.14. The van der Waals surface area contributed by atoms with Gasteiger partial charge in [-0.05, 0) is 12.2 Å². The fourth-order valence-electron chi connectivity index (χ4n) is 0.834. The molecule has 0 bridgehead atoms. The van der Waals surface area contributed by atoms with Gasteiger partial charge in [-0.2, -0.15) is 0 Å². The molecule has 64 valence electrons. The SMILES string of the molecule is O=S=C1C=CC(C(=O)O)C(O)=C1. The van der Waals surface area contributed by atoms with Gasteiger partial charge < -0.3 is 10.2 Å². The largest absolute Gasteiger partial charge is 0.511 e. The summed E-state index contributed by atoms with van der Waals surface area (Å²) >= 11 is 0.214. The van der Waals surface area contributed by atoms with Crippen molar-refractivity contribution in [3.8, 4) is 0 Å². The van der Waals surface area contributed by atoms with Crippen LogP contribution in [0.3, 0.4) is 0 Å². The minimum atomic E-state index is -1.13. The standard InChI is InChI=1S/C7H6O4S/c8-6-3-4(12-11)1-2-5(6)7(9)10/h1-3,5,8H,(H,9,10). The summed E-state index contributed by atoms with van der Waals surface area (Å²) in [6, 6.07) is 0. The van der Waals surface area contributed by atoms with Crippen LogP contribution >= 0.6 is 0 Å². The third-order valence-corrected chi connectivity index (χ3v) is 1.87. The van der Waals surface area contributed by atoms with E-state index in [4.69, 9.17) is 10.2 Å². The molecular formula is C7H6O4S. The van der Waals surface area contributed by atoms with Crippen molar-refractivity contribution in [1.29, 1.82) is 0 Å². The van der Waals surface area contributed by atoms with Crippen molar-refractivity contribution in [2.24, 2.45) is 5.92 Å². The van der Waals surface area contributed by atoms with Crippen LogP contribution in [-0.4, -0.2) is 25.3 Å². The molecule has 0 saturated carbocycles. The maximum atomic E-state index is 10.4. The number of carbonyl (C=O) groups is 1. The van der Waals surface area contributed by atoms with Crippen molar-refractivity contribution >= 4 is 22.1 Å². The molecule has 0 saturated heterocycles. The monoisotopic (exact) mass is 186 g/mol. The zero-order valence-electron chi connectivity index (χ0n) is 5.93. The lowest BCUT2D eigenvalue weighted by molar-refractivity contribution is -0.139. The van der Waals surface area contributed by atoms with Crippen LogP contribution < -0.4 is 0 Å². The summed E-state index contributed by atoms with van der Waals surface area (Å²) in [7, 11) is 0. The molecule has 2 N–H and O–H groups in total. The van der Waals surface area contributed by atoms with E-state index in [0.29, 0.717) is 4.86 Å². The smallest absolute Gasteiger partial charge is 0.318 e. The first-order valence-electron chi connectivity index (χ1n) is 3.13. The van der Waals surface area contributed by atoms with E-state index in [1.807, 2.05) is 0 Å². The summed E-state index contributed by atoms with van der Waals surface area (Å²) in [5, 5.41) is 17.6. The van der Waals surface area contributed by atoms with Crippen LogP contribution in [-0.2, 0) is 16.1 Å². The number of carboxylic acid groups (broad SMARTS) is 1. The van der Waals surface area contributed by atoms with Crippen molar-refractivity contribution in [2.45, 2.75) is 0 Å². The van der Waals surface area contributed by atoms with Gasteiger partial charge in [0.2, 0.25) is 0 Å². The zero-order chi connectivity index (χ0) is 9.14. The molecule has 0 aromatic rings. The van der Waals surface area contributed by atoms with Crippen LogP contribution in [0.5, 0.6) is 0 Å². The van der Waals surface area contributed by atoms with Crippen LogP contribution in [0.15, 0.2) is 24.0 Å². The Morgan fingerprint density at radius 3 is 2.67 bits per heavy atom. The normalized spacial score (nSPS) is 21.8. The minimum Gasteiger partial charge on any atom is -0.511 e. The minimum absolute atomic E-state index is 0.214. The molecule has 0 aliphatic heterocycles. The van der Waals surface area contributed by atoms with E-state index in [2.05, 4.69) is 0 Å². The van der Waals surface area contributed by atoms with Crippen molar-refractivity contribution in [2.75, 3.05) is 0 Å². The number of hydrogen-bond donors (Lipinski definition) is 2. The second-order valence-electron chi connectivity index (χ2n) is 2.23. The Balaban J connectivity index is 2.98. The lowest BCUT2D eigenvalue weighted by Crippen LogP contribution is -2.17. The molecule has 0 fully saturated rings. The molecule has 5 heteroatoms. The molecule has 0 aromatic heterocycles. The Bertz CT molecular complexity index is 322. The number of rotatable bonds is 1. The van der Waals surface area contributed by atoms with Gasteiger partial charge in [-0.1, -0.05) is 6.08 Å². The van der Waals surface area contributed by atoms with E-state index in [1.165, 1.54) is 12.2 Å². The second kappa shape index (κ2) is 3.36. The first kappa shape index (κ1) is 8.73. The van der Waals surface area contributed by atoms with Gasteiger partial charge in [-0.3, -0.25) is 4.79 Å². The first-order chi connectivity index (χ1) is 5.65. The van der Waals surface area contributed by atoms with E-state index >= 15 is 0 Å². The number of allylic oxidation sites excluding steroid dienone is 2. The van der Waals surface area contributed by atoms with Crippen LogP contribution in [0, 0.1) is 5.92 Å². The maximum Gasteiger partial charge on any atom is 0.318 e. The number of hydrogen-bond acceptors (Lipinski definition) is 3. The van der Waals surface area contributed by atoms with Crippen LogP contribution in [0.4, 0.5) is 0 Å². The molecule has 1 rings (SSSR count). The van der Waals surface area contributed by atoms with E-state index < -0.39 is 11.9 Å². The zero-order valence-corrected chi connectivity index (χ0v) is 6.75. The Labute approximate surface area is 71.9 Å². The van der Waals surface area contributed by atoms with Gasteiger partial charge in [0.1, 0.15) is 11.7 Å². The summed E-state index contributed by atoms with van der Waals surface area (Å²) in [5.41, 5.74) is 0. The predicted molar refractivity (Wildman–Crippen MR) is 44.1 cm³/mol. The first-order valence-corrected chi connectivity index (χ1v) is 3.87. The quantitative estimate of drug-likeness (QED) is 0.569. The van der Waals surface area contributed by atoms with E-state index in [9.17, 15) is 9.00 Å². The summed E-state index contributed by atoms with van der Waals surface area (Å²) in [4.78, 5) is 10.7. The van der Waals surface area contributed by atoms with E-state index in [0.717, 1.165) is 6.08 Å². The van der Waals surface area contributed by atoms with Gasteiger partial charge in [0.25, 0.3) is 0 Å². The van der Waals surface area contributed by atoms with E-state index in [1.54, 1.807) is 0 Å². The fraction of sp³-hybridized carbons (Fsp3) is 0.143. The molecule has 0 amide bonds. The Kier molecular flexibility index (Phi) is 2.44. The van der Waals surface area contributed by atoms with Crippen LogP contribution in [0.1, 0.15) is 0 Å². The molecule has 0 aromatic carbocycles. The van der Waals surface area contributed by atoms with Gasteiger partial charge in [-0.15, -0.1) is 0 Å². The van der Waals surface area contributed by atoms with Crippen molar-refractivity contribution in [3.63, 3.8) is 0 Å². The molecule has 1 unspecified atom stereocenters. The Morgan fingerprint density at radius 1 is 1.58 bits per heavy atom. The molecule has 1 atom stereocenters. The highest BCUT2D eigenvalue weighted by Gasteiger charge is 2.21.